The second kappa shape index (κ2) is 6.02. The lowest BCUT2D eigenvalue weighted by Gasteiger charge is -2.17. The number of nitrogens with one attached hydrogen (secondary N) is 1. The third-order valence-electron chi connectivity index (χ3n) is 3.28. The molecule has 2 atom stereocenters. The summed E-state index contributed by atoms with van der Waals surface area (Å²) >= 11 is 0. The van der Waals surface area contributed by atoms with Gasteiger partial charge in [0.15, 0.2) is 0 Å². The number of ether oxygens (including phenoxy) is 1. The zero-order chi connectivity index (χ0) is 14.7. The van der Waals surface area contributed by atoms with E-state index in [4.69, 9.17) is 10.5 Å². The molecule has 0 spiro atoms. The minimum atomic E-state index is -0.377. The Morgan fingerprint density at radius 3 is 2.60 bits per heavy atom. The van der Waals surface area contributed by atoms with Crippen LogP contribution in [0.2, 0.25) is 0 Å². The van der Waals surface area contributed by atoms with Crippen LogP contribution in [0.5, 0.6) is 0 Å². The number of benzene rings is 1. The Kier molecular flexibility index (Phi) is 4.36. The van der Waals surface area contributed by atoms with Gasteiger partial charge in [0.1, 0.15) is 0 Å². The molecule has 0 aromatic heterocycles. The summed E-state index contributed by atoms with van der Waals surface area (Å²) in [5.41, 5.74) is 6.77. The lowest BCUT2D eigenvalue weighted by molar-refractivity contribution is -0.120. The summed E-state index contributed by atoms with van der Waals surface area (Å²) in [7, 11) is 3.34. The Morgan fingerprint density at radius 2 is 2.00 bits per heavy atom. The predicted molar refractivity (Wildman–Crippen MR) is 75.4 cm³/mol. The third kappa shape index (κ3) is 2.97. The number of nitrogens with two attached hydrogens (primary N) is 1. The molecule has 1 heterocycles. The number of carbonyl (C=O) groups is 2. The average molecular weight is 277 g/mol. The summed E-state index contributed by atoms with van der Waals surface area (Å²) in [5, 5.41) is 2.77. The van der Waals surface area contributed by atoms with Crippen molar-refractivity contribution in [3.63, 3.8) is 0 Å². The monoisotopic (exact) mass is 277 g/mol. The molecule has 1 aliphatic heterocycles. The molecule has 1 aromatic rings. The maximum absolute atomic E-state index is 12.2. The van der Waals surface area contributed by atoms with Gasteiger partial charge in [-0.25, -0.2) is 0 Å². The van der Waals surface area contributed by atoms with Gasteiger partial charge in [-0.3, -0.25) is 9.59 Å². The molecule has 0 aliphatic carbocycles. The summed E-state index contributed by atoms with van der Waals surface area (Å²) in [6.07, 6.45) is 0. The first kappa shape index (κ1) is 14.5. The van der Waals surface area contributed by atoms with Crippen LogP contribution in [0.15, 0.2) is 24.3 Å². The fourth-order valence-electron chi connectivity index (χ4n) is 2.09. The lowest BCUT2D eigenvalue weighted by Crippen LogP contribution is -2.37. The second-order valence-electron chi connectivity index (χ2n) is 5.04. The zero-order valence-electron chi connectivity index (χ0n) is 11.6. The molecule has 108 valence electrons. The number of nitrogens with zero attached hydrogens (tertiary/aromatic N) is 1. The van der Waals surface area contributed by atoms with Gasteiger partial charge in [-0.2, -0.15) is 0 Å². The Morgan fingerprint density at radius 1 is 1.30 bits per heavy atom. The number of para-hydroxylation sites is 1. The van der Waals surface area contributed by atoms with E-state index >= 15 is 0 Å². The normalized spacial score (nSPS) is 21.6. The highest BCUT2D eigenvalue weighted by Crippen LogP contribution is 2.19. The minimum Gasteiger partial charge on any atom is -0.379 e. The van der Waals surface area contributed by atoms with Gasteiger partial charge in [0.2, 0.25) is 5.91 Å². The molecule has 1 aliphatic rings. The summed E-state index contributed by atoms with van der Waals surface area (Å²) in [6.45, 7) is 0.702. The second-order valence-corrected chi connectivity index (χ2v) is 5.04. The van der Waals surface area contributed by atoms with Gasteiger partial charge in [-0.15, -0.1) is 0 Å². The van der Waals surface area contributed by atoms with E-state index in [2.05, 4.69) is 5.32 Å². The lowest BCUT2D eigenvalue weighted by atomic mass is 10.0. The van der Waals surface area contributed by atoms with Crippen molar-refractivity contribution in [1.29, 1.82) is 0 Å². The molecule has 2 amide bonds. The van der Waals surface area contributed by atoms with Crippen LogP contribution in [-0.2, 0) is 9.53 Å². The van der Waals surface area contributed by atoms with Gasteiger partial charge < -0.3 is 20.7 Å². The molecule has 20 heavy (non-hydrogen) atoms. The van der Waals surface area contributed by atoms with E-state index in [0.717, 1.165) is 0 Å². The standard InChI is InChI=1S/C14H19N3O3/c1-17(2)14(19)9-5-3-4-6-12(9)16-13(18)10-7-20-8-11(10)15/h3-6,10-11H,7-8,15H2,1-2H3,(H,16,18). The summed E-state index contributed by atoms with van der Waals surface area (Å²) in [6, 6.07) is 6.62. The number of rotatable bonds is 3. The molecule has 6 heteroatoms. The van der Waals surface area contributed by atoms with Crippen LogP contribution < -0.4 is 11.1 Å². The molecule has 0 radical (unpaired) electrons. The van der Waals surface area contributed by atoms with Gasteiger partial charge in [0.05, 0.1) is 30.4 Å². The van der Waals surface area contributed by atoms with Crippen LogP contribution >= 0.6 is 0 Å². The molecule has 3 N–H and O–H groups in total. The van der Waals surface area contributed by atoms with Gasteiger partial charge in [-0.1, -0.05) is 12.1 Å². The van der Waals surface area contributed by atoms with Crippen LogP contribution in [0.1, 0.15) is 10.4 Å². The van der Waals surface area contributed by atoms with E-state index in [1.165, 1.54) is 4.90 Å². The fraction of sp³-hybridized carbons (Fsp3) is 0.429. The molecule has 1 aromatic carbocycles. The van der Waals surface area contributed by atoms with Crippen molar-refractivity contribution in [2.45, 2.75) is 6.04 Å². The van der Waals surface area contributed by atoms with Crippen LogP contribution in [-0.4, -0.2) is 50.1 Å². The maximum Gasteiger partial charge on any atom is 0.255 e. The number of anilines is 1. The van der Waals surface area contributed by atoms with E-state index in [0.29, 0.717) is 24.5 Å². The SMILES string of the molecule is CN(C)C(=O)c1ccccc1NC(=O)C1COCC1N. The van der Waals surface area contributed by atoms with Crippen molar-refractivity contribution < 1.29 is 14.3 Å². The van der Waals surface area contributed by atoms with Crippen LogP contribution in [0.25, 0.3) is 0 Å². The molecule has 0 bridgehead atoms. The first-order chi connectivity index (χ1) is 9.50. The topological polar surface area (TPSA) is 84.7 Å². The van der Waals surface area contributed by atoms with Crippen molar-refractivity contribution in [1.82, 2.24) is 4.90 Å². The highest BCUT2D eigenvalue weighted by molar-refractivity contribution is 6.04. The van der Waals surface area contributed by atoms with Gasteiger partial charge >= 0.3 is 0 Å². The van der Waals surface area contributed by atoms with Crippen molar-refractivity contribution in [3.05, 3.63) is 29.8 Å². The van der Waals surface area contributed by atoms with Crippen LogP contribution in [0.4, 0.5) is 5.69 Å². The highest BCUT2D eigenvalue weighted by atomic mass is 16.5. The molecule has 1 saturated heterocycles. The zero-order valence-corrected chi connectivity index (χ0v) is 11.6. The van der Waals surface area contributed by atoms with E-state index in [9.17, 15) is 9.59 Å². The first-order valence-electron chi connectivity index (χ1n) is 6.45. The van der Waals surface area contributed by atoms with E-state index in [-0.39, 0.29) is 23.8 Å². The smallest absolute Gasteiger partial charge is 0.255 e. The molecule has 0 saturated carbocycles. The van der Waals surface area contributed by atoms with E-state index < -0.39 is 0 Å². The third-order valence-corrected chi connectivity index (χ3v) is 3.28. The van der Waals surface area contributed by atoms with Gasteiger partial charge in [-0.05, 0) is 12.1 Å². The molecule has 1 fully saturated rings. The predicted octanol–water partition coefficient (Wildman–Crippen LogP) is 0.301. The molecular formula is C14H19N3O3. The Labute approximate surface area is 117 Å². The van der Waals surface area contributed by atoms with Crippen LogP contribution in [0, 0.1) is 5.92 Å². The highest BCUT2D eigenvalue weighted by Gasteiger charge is 2.31. The van der Waals surface area contributed by atoms with Crippen molar-refractivity contribution in [2.24, 2.45) is 11.7 Å². The molecule has 6 nitrogen and oxygen atoms in total. The summed E-state index contributed by atoms with van der Waals surface area (Å²) in [5.74, 6) is -0.751. The number of carbonyl (C=O) groups excluding carboxylic acids is 2. The number of amides is 2. The quantitative estimate of drug-likeness (QED) is 0.832. The Hall–Kier alpha value is -1.92. The van der Waals surface area contributed by atoms with Crippen molar-refractivity contribution in [2.75, 3.05) is 32.6 Å². The summed E-state index contributed by atoms with van der Waals surface area (Å²) < 4.78 is 5.18. The van der Waals surface area contributed by atoms with Crippen molar-refractivity contribution in [3.8, 4) is 0 Å². The minimum absolute atomic E-state index is 0.159. The fourth-order valence-corrected chi connectivity index (χ4v) is 2.09. The van der Waals surface area contributed by atoms with Crippen molar-refractivity contribution >= 4 is 17.5 Å². The molecule has 2 unspecified atom stereocenters. The number of hydrogen-bond acceptors (Lipinski definition) is 4. The van der Waals surface area contributed by atoms with Crippen LogP contribution in [0.3, 0.4) is 0 Å². The summed E-state index contributed by atoms with van der Waals surface area (Å²) in [4.78, 5) is 25.7. The molecule has 2 rings (SSSR count). The maximum atomic E-state index is 12.2. The number of hydrogen-bond donors (Lipinski definition) is 2. The first-order valence-corrected chi connectivity index (χ1v) is 6.45. The Bertz CT molecular complexity index is 516. The Balaban J connectivity index is 2.17. The van der Waals surface area contributed by atoms with E-state index in [1.807, 2.05) is 0 Å². The molecular weight excluding hydrogens is 258 g/mol. The van der Waals surface area contributed by atoms with Gasteiger partial charge in [0, 0.05) is 20.1 Å². The average Bonchev–Trinajstić information content (AvgIpc) is 2.84. The van der Waals surface area contributed by atoms with Gasteiger partial charge in [0.25, 0.3) is 5.91 Å². The largest absolute Gasteiger partial charge is 0.379 e. The van der Waals surface area contributed by atoms with E-state index in [1.54, 1.807) is 38.4 Å².